The fourth-order valence-corrected chi connectivity index (χ4v) is 3.08. The second-order valence-electron chi connectivity index (χ2n) is 6.02. The van der Waals surface area contributed by atoms with Crippen LogP contribution in [0, 0.1) is 0 Å². The van der Waals surface area contributed by atoms with Crippen LogP contribution in [0.25, 0.3) is 11.5 Å². The standard InChI is InChI=1S/C20H17ClN4O5S/c1-22-19(28)23-17(27)16(12-5-3-2-4-6-12)29-15(26)11-31-20-25-24-18(30-20)13-7-9-14(21)10-8-13/h2-10,16H,11H2,1H3,(H2,22,23,27,28). The van der Waals surface area contributed by atoms with Crippen LogP contribution in [0.3, 0.4) is 0 Å². The Morgan fingerprint density at radius 1 is 1.10 bits per heavy atom. The van der Waals surface area contributed by atoms with Gasteiger partial charge in [0.25, 0.3) is 11.1 Å². The maximum atomic E-state index is 12.4. The van der Waals surface area contributed by atoms with Crippen LogP contribution in [-0.4, -0.2) is 40.9 Å². The molecular formula is C20H17ClN4O5S. The molecule has 9 nitrogen and oxygen atoms in total. The van der Waals surface area contributed by atoms with Gasteiger partial charge in [-0.15, -0.1) is 10.2 Å². The number of hydrogen-bond acceptors (Lipinski definition) is 8. The third-order valence-corrected chi connectivity index (χ3v) is 4.91. The Morgan fingerprint density at radius 3 is 2.48 bits per heavy atom. The number of carbonyl (C=O) groups excluding carboxylic acids is 3. The molecular weight excluding hydrogens is 444 g/mol. The smallest absolute Gasteiger partial charge is 0.321 e. The van der Waals surface area contributed by atoms with Crippen molar-refractivity contribution in [1.82, 2.24) is 20.8 Å². The molecule has 3 aromatic rings. The van der Waals surface area contributed by atoms with Gasteiger partial charge >= 0.3 is 12.0 Å². The van der Waals surface area contributed by atoms with Crippen molar-refractivity contribution in [1.29, 1.82) is 0 Å². The highest BCUT2D eigenvalue weighted by Crippen LogP contribution is 2.25. The number of nitrogens with zero attached hydrogens (tertiary/aromatic N) is 2. The second kappa shape index (κ2) is 10.6. The van der Waals surface area contributed by atoms with Crippen LogP contribution < -0.4 is 10.6 Å². The molecule has 1 unspecified atom stereocenters. The lowest BCUT2D eigenvalue weighted by Crippen LogP contribution is -2.41. The van der Waals surface area contributed by atoms with E-state index in [1.165, 1.54) is 7.05 Å². The zero-order valence-corrected chi connectivity index (χ0v) is 17.8. The van der Waals surface area contributed by atoms with E-state index in [0.29, 0.717) is 16.1 Å². The first-order chi connectivity index (χ1) is 15.0. The molecule has 0 fully saturated rings. The van der Waals surface area contributed by atoms with Crippen molar-refractivity contribution in [2.45, 2.75) is 11.3 Å². The minimum atomic E-state index is -1.29. The number of aromatic nitrogens is 2. The Labute approximate surface area is 186 Å². The summed E-state index contributed by atoms with van der Waals surface area (Å²) in [4.78, 5) is 36.2. The van der Waals surface area contributed by atoms with Crippen LogP contribution in [0.2, 0.25) is 5.02 Å². The number of imide groups is 1. The Bertz CT molecular complexity index is 1060. The molecule has 0 saturated heterocycles. The van der Waals surface area contributed by atoms with Gasteiger partial charge in [-0.2, -0.15) is 0 Å². The number of nitrogens with one attached hydrogen (secondary N) is 2. The minimum Gasteiger partial charge on any atom is -0.447 e. The van der Waals surface area contributed by atoms with Crippen molar-refractivity contribution in [2.75, 3.05) is 12.8 Å². The molecule has 0 aliphatic heterocycles. The third-order valence-electron chi connectivity index (χ3n) is 3.86. The van der Waals surface area contributed by atoms with Crippen LogP contribution in [0.1, 0.15) is 11.7 Å². The summed E-state index contributed by atoms with van der Waals surface area (Å²) >= 11 is 6.82. The fourth-order valence-electron chi connectivity index (χ4n) is 2.40. The summed E-state index contributed by atoms with van der Waals surface area (Å²) in [5, 5.41) is 12.9. The molecule has 1 heterocycles. The SMILES string of the molecule is CNC(=O)NC(=O)C(OC(=O)CSc1nnc(-c2ccc(Cl)cc2)o1)c1ccccc1. The molecule has 0 radical (unpaired) electrons. The van der Waals surface area contributed by atoms with Crippen LogP contribution in [0.4, 0.5) is 4.79 Å². The molecule has 0 aliphatic carbocycles. The summed E-state index contributed by atoms with van der Waals surface area (Å²) in [6, 6.07) is 14.5. The van der Waals surface area contributed by atoms with Crippen molar-refractivity contribution in [3.63, 3.8) is 0 Å². The van der Waals surface area contributed by atoms with Gasteiger partial charge in [-0.05, 0) is 24.3 Å². The quantitative estimate of drug-likeness (QED) is 0.407. The number of ether oxygens (including phenoxy) is 1. The minimum absolute atomic E-state index is 0.160. The molecule has 0 bridgehead atoms. The Morgan fingerprint density at radius 2 is 1.81 bits per heavy atom. The van der Waals surface area contributed by atoms with E-state index in [1.807, 2.05) is 0 Å². The number of esters is 1. The third kappa shape index (κ3) is 6.30. The zero-order chi connectivity index (χ0) is 22.2. The Hall–Kier alpha value is -3.37. The highest BCUT2D eigenvalue weighted by molar-refractivity contribution is 7.99. The molecule has 31 heavy (non-hydrogen) atoms. The molecule has 0 aliphatic rings. The van der Waals surface area contributed by atoms with Gasteiger partial charge in [0, 0.05) is 23.2 Å². The molecule has 3 rings (SSSR count). The van der Waals surface area contributed by atoms with Crippen molar-refractivity contribution in [3.8, 4) is 11.5 Å². The van der Waals surface area contributed by atoms with E-state index in [-0.39, 0.29) is 16.9 Å². The van der Waals surface area contributed by atoms with Gasteiger partial charge < -0.3 is 14.5 Å². The lowest BCUT2D eigenvalue weighted by Gasteiger charge is -2.17. The summed E-state index contributed by atoms with van der Waals surface area (Å²) in [5.41, 5.74) is 1.10. The van der Waals surface area contributed by atoms with Gasteiger partial charge in [-0.25, -0.2) is 4.79 Å². The summed E-state index contributed by atoms with van der Waals surface area (Å²) in [5.74, 6) is -1.37. The van der Waals surface area contributed by atoms with E-state index in [2.05, 4.69) is 20.8 Å². The Balaban J connectivity index is 1.62. The van der Waals surface area contributed by atoms with E-state index in [0.717, 1.165) is 11.8 Å². The van der Waals surface area contributed by atoms with Gasteiger partial charge in [-0.1, -0.05) is 53.7 Å². The molecule has 2 N–H and O–H groups in total. The average molecular weight is 461 g/mol. The maximum Gasteiger partial charge on any atom is 0.321 e. The molecule has 0 saturated carbocycles. The number of urea groups is 1. The number of rotatable bonds is 7. The van der Waals surface area contributed by atoms with E-state index < -0.39 is 24.0 Å². The normalized spacial score (nSPS) is 11.4. The van der Waals surface area contributed by atoms with Crippen LogP contribution in [0.15, 0.2) is 64.2 Å². The van der Waals surface area contributed by atoms with Crippen molar-refractivity contribution in [2.24, 2.45) is 0 Å². The summed E-state index contributed by atoms with van der Waals surface area (Å²) in [7, 11) is 1.37. The van der Waals surface area contributed by atoms with E-state index in [9.17, 15) is 14.4 Å². The van der Waals surface area contributed by atoms with Gasteiger partial charge in [-0.3, -0.25) is 14.9 Å². The van der Waals surface area contributed by atoms with E-state index in [1.54, 1.807) is 54.6 Å². The summed E-state index contributed by atoms with van der Waals surface area (Å²) in [6.07, 6.45) is -1.29. The molecule has 1 atom stereocenters. The predicted molar refractivity (Wildman–Crippen MR) is 113 cm³/mol. The maximum absolute atomic E-state index is 12.4. The van der Waals surface area contributed by atoms with Gasteiger partial charge in [0.1, 0.15) is 5.75 Å². The lowest BCUT2D eigenvalue weighted by atomic mass is 10.1. The molecule has 1 aromatic heterocycles. The second-order valence-corrected chi connectivity index (χ2v) is 7.38. The molecule has 0 spiro atoms. The number of halogens is 1. The van der Waals surface area contributed by atoms with Crippen LogP contribution >= 0.6 is 23.4 Å². The fraction of sp³-hybridized carbons (Fsp3) is 0.150. The van der Waals surface area contributed by atoms with Gasteiger partial charge in [0.05, 0.1) is 0 Å². The molecule has 11 heteroatoms. The number of benzene rings is 2. The van der Waals surface area contributed by atoms with Crippen LogP contribution in [0.5, 0.6) is 0 Å². The Kier molecular flexibility index (Phi) is 7.63. The number of amides is 3. The summed E-state index contributed by atoms with van der Waals surface area (Å²) in [6.45, 7) is 0. The molecule has 3 amide bonds. The monoisotopic (exact) mass is 460 g/mol. The topological polar surface area (TPSA) is 123 Å². The van der Waals surface area contributed by atoms with Crippen LogP contribution in [-0.2, 0) is 14.3 Å². The molecule has 2 aromatic carbocycles. The van der Waals surface area contributed by atoms with Gasteiger partial charge in [0.15, 0.2) is 0 Å². The number of hydrogen-bond donors (Lipinski definition) is 2. The molecule has 160 valence electrons. The number of carbonyl (C=O) groups is 3. The van der Waals surface area contributed by atoms with E-state index >= 15 is 0 Å². The van der Waals surface area contributed by atoms with Gasteiger partial charge in [0.2, 0.25) is 12.0 Å². The van der Waals surface area contributed by atoms with Crippen molar-refractivity contribution >= 4 is 41.3 Å². The lowest BCUT2D eigenvalue weighted by molar-refractivity contribution is -0.153. The highest BCUT2D eigenvalue weighted by Gasteiger charge is 2.26. The first-order valence-electron chi connectivity index (χ1n) is 8.95. The number of thioether (sulfide) groups is 1. The summed E-state index contributed by atoms with van der Waals surface area (Å²) < 4.78 is 10.8. The van der Waals surface area contributed by atoms with Crippen molar-refractivity contribution in [3.05, 3.63) is 65.2 Å². The predicted octanol–water partition coefficient (Wildman–Crippen LogP) is 3.22. The largest absolute Gasteiger partial charge is 0.447 e. The van der Waals surface area contributed by atoms with Crippen molar-refractivity contribution < 1.29 is 23.5 Å². The highest BCUT2D eigenvalue weighted by atomic mass is 35.5. The first-order valence-corrected chi connectivity index (χ1v) is 10.3. The zero-order valence-electron chi connectivity index (χ0n) is 16.2. The van der Waals surface area contributed by atoms with E-state index in [4.69, 9.17) is 20.8 Å². The first kappa shape index (κ1) is 22.3. The average Bonchev–Trinajstić information content (AvgIpc) is 3.26.